The lowest BCUT2D eigenvalue weighted by atomic mass is 10.0. The molecule has 0 spiro atoms. The summed E-state index contributed by atoms with van der Waals surface area (Å²) in [4.78, 5) is 19.9. The Morgan fingerprint density at radius 2 is 1.94 bits per heavy atom. The van der Waals surface area contributed by atoms with Crippen molar-refractivity contribution in [2.75, 3.05) is 16.9 Å². The molecule has 1 aromatic heterocycles. The Morgan fingerprint density at radius 3 is 2.61 bits per heavy atom. The van der Waals surface area contributed by atoms with Gasteiger partial charge in [0.25, 0.3) is 17.0 Å². The third-order valence-electron chi connectivity index (χ3n) is 5.20. The second-order valence-corrected chi connectivity index (χ2v) is 9.19. The molecular weight excluding hydrogens is 428 g/mol. The summed E-state index contributed by atoms with van der Waals surface area (Å²) < 4.78 is 1.68. The molecule has 0 saturated carbocycles. The SMILES string of the molecule is CCCCSc1nc([O-])c2[n+](n1)C(c1ccc(SC)cc1)N(C(C)=O)c1ccccc1-2. The minimum Gasteiger partial charge on any atom is -0.854 e. The smallest absolute Gasteiger partial charge is 0.293 e. The van der Waals surface area contributed by atoms with Gasteiger partial charge in [0.15, 0.2) is 0 Å². The Bertz CT molecular complexity index is 1110. The molecule has 0 aliphatic carbocycles. The molecule has 1 amide bonds. The van der Waals surface area contributed by atoms with Crippen LogP contribution in [0.25, 0.3) is 11.3 Å². The van der Waals surface area contributed by atoms with Crippen molar-refractivity contribution in [2.24, 2.45) is 0 Å². The van der Waals surface area contributed by atoms with E-state index in [-0.39, 0.29) is 11.8 Å². The molecule has 8 heteroatoms. The number of nitrogens with zero attached hydrogens (tertiary/aromatic N) is 4. The average Bonchev–Trinajstić information content (AvgIpc) is 2.78. The Kier molecular flexibility index (Phi) is 6.48. The van der Waals surface area contributed by atoms with E-state index < -0.39 is 6.17 Å². The van der Waals surface area contributed by atoms with Crippen LogP contribution in [-0.2, 0) is 4.79 Å². The normalized spacial score (nSPS) is 14.8. The summed E-state index contributed by atoms with van der Waals surface area (Å²) in [6.07, 6.45) is 3.55. The van der Waals surface area contributed by atoms with E-state index in [2.05, 4.69) is 11.9 Å². The van der Waals surface area contributed by atoms with Gasteiger partial charge in [-0.05, 0) is 49.1 Å². The molecule has 0 bridgehead atoms. The first-order valence-corrected chi connectivity index (χ1v) is 12.4. The Morgan fingerprint density at radius 1 is 1.19 bits per heavy atom. The van der Waals surface area contributed by atoms with E-state index in [0.717, 1.165) is 29.1 Å². The van der Waals surface area contributed by atoms with Crippen molar-refractivity contribution in [3.05, 3.63) is 54.1 Å². The predicted molar refractivity (Wildman–Crippen MR) is 122 cm³/mol. The third kappa shape index (κ3) is 4.14. The van der Waals surface area contributed by atoms with Crippen molar-refractivity contribution in [1.82, 2.24) is 10.1 Å². The number of unbranched alkanes of at least 4 members (excludes halogenated alkanes) is 1. The van der Waals surface area contributed by atoms with E-state index >= 15 is 0 Å². The molecule has 0 fully saturated rings. The second kappa shape index (κ2) is 9.28. The van der Waals surface area contributed by atoms with Crippen LogP contribution in [-0.4, -0.2) is 28.0 Å². The van der Waals surface area contributed by atoms with Crippen LogP contribution < -0.4 is 14.7 Å². The van der Waals surface area contributed by atoms with E-state index in [9.17, 15) is 9.90 Å². The number of rotatable bonds is 6. The molecule has 1 unspecified atom stereocenters. The molecule has 1 atom stereocenters. The van der Waals surface area contributed by atoms with Gasteiger partial charge in [0, 0.05) is 28.2 Å². The van der Waals surface area contributed by atoms with Gasteiger partial charge in [-0.3, -0.25) is 4.79 Å². The third-order valence-corrected chi connectivity index (χ3v) is 6.87. The molecular formula is C23H24N4O2S2. The number of aromatic nitrogens is 3. The largest absolute Gasteiger partial charge is 0.854 e. The van der Waals surface area contributed by atoms with Crippen LogP contribution in [0, 0.1) is 0 Å². The molecule has 6 nitrogen and oxygen atoms in total. The second-order valence-electron chi connectivity index (χ2n) is 7.25. The van der Waals surface area contributed by atoms with Gasteiger partial charge in [0.1, 0.15) is 0 Å². The molecule has 160 valence electrons. The number of benzene rings is 2. The quantitative estimate of drug-likeness (QED) is 0.319. The zero-order chi connectivity index (χ0) is 22.0. The van der Waals surface area contributed by atoms with Gasteiger partial charge in [-0.1, -0.05) is 41.9 Å². The summed E-state index contributed by atoms with van der Waals surface area (Å²) in [6.45, 7) is 3.67. The molecule has 0 radical (unpaired) electrons. The van der Waals surface area contributed by atoms with E-state index in [4.69, 9.17) is 5.10 Å². The Labute approximate surface area is 190 Å². The minimum absolute atomic E-state index is 0.115. The van der Waals surface area contributed by atoms with Gasteiger partial charge in [-0.2, -0.15) is 0 Å². The monoisotopic (exact) mass is 452 g/mol. The number of amides is 1. The first kappa shape index (κ1) is 21.6. The lowest BCUT2D eigenvalue weighted by molar-refractivity contribution is -0.764. The number of thioether (sulfide) groups is 2. The fourth-order valence-corrected chi connectivity index (χ4v) is 5.04. The molecule has 0 saturated heterocycles. The zero-order valence-electron chi connectivity index (χ0n) is 17.7. The highest BCUT2D eigenvalue weighted by atomic mass is 32.2. The molecule has 1 aliphatic rings. The maximum absolute atomic E-state index is 13.1. The van der Waals surface area contributed by atoms with Crippen molar-refractivity contribution in [3.63, 3.8) is 0 Å². The van der Waals surface area contributed by atoms with E-state index in [0.29, 0.717) is 22.1 Å². The molecule has 0 N–H and O–H groups in total. The molecule has 3 aromatic rings. The van der Waals surface area contributed by atoms with E-state index in [1.54, 1.807) is 28.3 Å². The van der Waals surface area contributed by atoms with Gasteiger partial charge in [-0.25, -0.2) is 9.88 Å². The van der Waals surface area contributed by atoms with E-state index in [1.807, 2.05) is 54.8 Å². The van der Waals surface area contributed by atoms with Crippen LogP contribution >= 0.6 is 23.5 Å². The predicted octanol–water partition coefficient (Wildman–Crippen LogP) is 4.03. The van der Waals surface area contributed by atoms with Crippen LogP contribution in [0.2, 0.25) is 0 Å². The summed E-state index contributed by atoms with van der Waals surface area (Å²) in [7, 11) is 0. The molecule has 1 aliphatic heterocycles. The number of fused-ring (bicyclic) bond motifs is 3. The van der Waals surface area contributed by atoms with Crippen LogP contribution in [0.3, 0.4) is 0 Å². The summed E-state index contributed by atoms with van der Waals surface area (Å²) >= 11 is 3.13. The fraction of sp³-hybridized carbons (Fsp3) is 0.304. The number of hydrogen-bond donors (Lipinski definition) is 0. The molecule has 31 heavy (non-hydrogen) atoms. The maximum Gasteiger partial charge on any atom is 0.293 e. The standard InChI is InChI=1S/C23H24N4O2S2/c1-4-5-14-31-23-24-21(29)20-18-8-6-7-9-19(18)26(15(2)28)22(27(20)25-23)16-10-12-17(30-3)13-11-16/h6-13,22H,4-5,14H2,1-3H3. The summed E-state index contributed by atoms with van der Waals surface area (Å²) in [6, 6.07) is 15.5. The number of hydrogen-bond acceptors (Lipinski definition) is 6. The summed E-state index contributed by atoms with van der Waals surface area (Å²) in [5.41, 5.74) is 2.66. The van der Waals surface area contributed by atoms with Gasteiger partial charge in [0.2, 0.25) is 5.91 Å². The van der Waals surface area contributed by atoms with Gasteiger partial charge < -0.3 is 5.11 Å². The topological polar surface area (TPSA) is 73.0 Å². The van der Waals surface area contributed by atoms with Crippen molar-refractivity contribution in [3.8, 4) is 17.1 Å². The highest BCUT2D eigenvalue weighted by Crippen LogP contribution is 2.41. The number of para-hydroxylation sites is 1. The van der Waals surface area contributed by atoms with Crippen molar-refractivity contribution >= 4 is 35.1 Å². The van der Waals surface area contributed by atoms with Gasteiger partial charge in [-0.15, -0.1) is 11.8 Å². The van der Waals surface area contributed by atoms with Crippen molar-refractivity contribution < 1.29 is 14.6 Å². The van der Waals surface area contributed by atoms with Crippen LogP contribution in [0.1, 0.15) is 38.4 Å². The van der Waals surface area contributed by atoms with Crippen molar-refractivity contribution in [1.29, 1.82) is 0 Å². The molecule has 2 aromatic carbocycles. The average molecular weight is 453 g/mol. The first-order chi connectivity index (χ1) is 15.0. The first-order valence-electron chi connectivity index (χ1n) is 10.2. The highest BCUT2D eigenvalue weighted by Gasteiger charge is 2.43. The Balaban J connectivity index is 1.93. The minimum atomic E-state index is -0.556. The highest BCUT2D eigenvalue weighted by molar-refractivity contribution is 7.99. The maximum atomic E-state index is 13.1. The fourth-order valence-electron chi connectivity index (χ4n) is 3.72. The lowest BCUT2D eigenvalue weighted by Gasteiger charge is -2.32. The van der Waals surface area contributed by atoms with E-state index in [1.165, 1.54) is 11.8 Å². The number of carbonyl (C=O) groups is 1. The van der Waals surface area contributed by atoms with Crippen LogP contribution in [0.4, 0.5) is 5.69 Å². The summed E-state index contributed by atoms with van der Waals surface area (Å²) in [5, 5.41) is 18.3. The molecule has 2 heterocycles. The zero-order valence-corrected chi connectivity index (χ0v) is 19.4. The number of anilines is 1. The lowest BCUT2D eigenvalue weighted by Crippen LogP contribution is -2.58. The van der Waals surface area contributed by atoms with Gasteiger partial charge in [0.05, 0.1) is 17.1 Å². The van der Waals surface area contributed by atoms with Gasteiger partial charge >= 0.3 is 0 Å². The number of carbonyl (C=O) groups excluding carboxylic acids is 1. The van der Waals surface area contributed by atoms with Crippen LogP contribution in [0.15, 0.2) is 58.6 Å². The van der Waals surface area contributed by atoms with Crippen LogP contribution in [0.5, 0.6) is 5.88 Å². The molecule has 4 rings (SSSR count). The summed E-state index contributed by atoms with van der Waals surface area (Å²) in [5.74, 6) is 0.404. The van der Waals surface area contributed by atoms with Crippen molar-refractivity contribution in [2.45, 2.75) is 42.9 Å². The Hall–Kier alpha value is -2.58.